The number of oxazole rings is 1. The Morgan fingerprint density at radius 1 is 1.17 bits per heavy atom. The van der Waals surface area contributed by atoms with Gasteiger partial charge < -0.3 is 15.3 Å². The predicted molar refractivity (Wildman–Crippen MR) is 73.2 cm³/mol. The minimum Gasteiger partial charge on any atom is -0.505 e. The highest BCUT2D eigenvalue weighted by Gasteiger charge is 2.14. The number of aromatic hydroxyl groups is 1. The number of aromatic nitrogens is 1. The summed E-state index contributed by atoms with van der Waals surface area (Å²) in [6.07, 6.45) is 0. The molecule has 0 amide bonds. The molecule has 0 unspecified atom stereocenters. The van der Waals surface area contributed by atoms with Gasteiger partial charge in [-0.05, 0) is 40.2 Å². The number of hydrogen-bond acceptors (Lipinski definition) is 4. The lowest BCUT2D eigenvalue weighted by Gasteiger charge is -2.02. The summed E-state index contributed by atoms with van der Waals surface area (Å²) < 4.78 is 6.47. The van der Waals surface area contributed by atoms with Crippen LogP contribution < -0.4 is 5.73 Å². The van der Waals surface area contributed by atoms with Gasteiger partial charge in [-0.25, -0.2) is 4.98 Å². The Morgan fingerprint density at radius 3 is 2.72 bits per heavy atom. The number of phenolic OH excluding ortho intramolecular Hbond substituents is 1. The molecule has 0 fully saturated rings. The molecule has 18 heavy (non-hydrogen) atoms. The number of para-hydroxylation sites is 2. The maximum absolute atomic E-state index is 9.91. The van der Waals surface area contributed by atoms with E-state index >= 15 is 0 Å². The quantitative estimate of drug-likeness (QED) is 0.533. The smallest absolute Gasteiger partial charge is 0.231 e. The number of fused-ring (bicyclic) bond motifs is 1. The molecule has 3 N–H and O–H groups in total. The van der Waals surface area contributed by atoms with E-state index in [4.69, 9.17) is 10.2 Å². The van der Waals surface area contributed by atoms with Gasteiger partial charge in [-0.3, -0.25) is 0 Å². The molecule has 0 saturated carbocycles. The fourth-order valence-corrected chi connectivity index (χ4v) is 2.20. The molecule has 3 aromatic rings. The van der Waals surface area contributed by atoms with Crippen molar-refractivity contribution in [2.75, 3.05) is 5.73 Å². The number of benzene rings is 2. The van der Waals surface area contributed by atoms with Gasteiger partial charge in [0.05, 0.1) is 15.7 Å². The average Bonchev–Trinajstić information content (AvgIpc) is 2.78. The van der Waals surface area contributed by atoms with Crippen molar-refractivity contribution in [2.24, 2.45) is 0 Å². The Bertz CT molecular complexity index is 737. The van der Waals surface area contributed by atoms with Gasteiger partial charge in [0.1, 0.15) is 5.52 Å². The molecule has 1 aromatic heterocycles. The van der Waals surface area contributed by atoms with Crippen LogP contribution in [0, 0.1) is 0 Å². The maximum atomic E-state index is 9.91. The highest BCUT2D eigenvalue weighted by atomic mass is 79.9. The zero-order valence-corrected chi connectivity index (χ0v) is 10.8. The zero-order chi connectivity index (χ0) is 12.7. The average molecular weight is 305 g/mol. The topological polar surface area (TPSA) is 72.3 Å². The molecule has 2 aromatic carbocycles. The first-order chi connectivity index (χ1) is 8.66. The minimum atomic E-state index is -0.0137. The number of anilines is 1. The third kappa shape index (κ3) is 1.64. The van der Waals surface area contributed by atoms with Crippen molar-refractivity contribution in [3.8, 4) is 17.2 Å². The van der Waals surface area contributed by atoms with Gasteiger partial charge in [0.25, 0.3) is 0 Å². The highest BCUT2D eigenvalue weighted by molar-refractivity contribution is 9.10. The van der Waals surface area contributed by atoms with Crippen LogP contribution in [0.2, 0.25) is 0 Å². The fraction of sp³-hybridized carbons (Fsp3) is 0. The van der Waals surface area contributed by atoms with Crippen molar-refractivity contribution < 1.29 is 9.52 Å². The Labute approximate surface area is 111 Å². The number of hydrogen-bond donors (Lipinski definition) is 2. The summed E-state index contributed by atoms with van der Waals surface area (Å²) in [5, 5.41) is 9.91. The van der Waals surface area contributed by atoms with Crippen molar-refractivity contribution in [3.05, 3.63) is 40.9 Å². The zero-order valence-electron chi connectivity index (χ0n) is 9.22. The van der Waals surface area contributed by atoms with Gasteiger partial charge in [0.15, 0.2) is 11.3 Å². The van der Waals surface area contributed by atoms with Crippen LogP contribution in [-0.4, -0.2) is 10.1 Å². The molecule has 0 aliphatic rings. The first kappa shape index (κ1) is 11.1. The molecule has 90 valence electrons. The Hall–Kier alpha value is -2.01. The van der Waals surface area contributed by atoms with E-state index < -0.39 is 0 Å². The number of nitrogens with zero attached hydrogens (tertiary/aromatic N) is 1. The first-order valence-corrected chi connectivity index (χ1v) is 6.09. The van der Waals surface area contributed by atoms with E-state index in [0.717, 1.165) is 9.99 Å². The van der Waals surface area contributed by atoms with Gasteiger partial charge in [-0.1, -0.05) is 12.1 Å². The number of phenols is 1. The van der Waals surface area contributed by atoms with Crippen molar-refractivity contribution >= 4 is 32.7 Å². The normalized spacial score (nSPS) is 10.9. The second-order valence-corrected chi connectivity index (χ2v) is 4.70. The van der Waals surface area contributed by atoms with Crippen LogP contribution >= 0.6 is 15.9 Å². The van der Waals surface area contributed by atoms with Gasteiger partial charge in [0.2, 0.25) is 5.89 Å². The first-order valence-electron chi connectivity index (χ1n) is 5.29. The largest absolute Gasteiger partial charge is 0.505 e. The fourth-order valence-electron chi connectivity index (χ4n) is 1.76. The number of rotatable bonds is 1. The summed E-state index contributed by atoms with van der Waals surface area (Å²) in [5.41, 5.74) is 7.81. The van der Waals surface area contributed by atoms with Gasteiger partial charge in [-0.2, -0.15) is 0 Å². The summed E-state index contributed by atoms with van der Waals surface area (Å²) in [6.45, 7) is 0. The second-order valence-electron chi connectivity index (χ2n) is 3.85. The number of nitrogens with two attached hydrogens (primary N) is 1. The molecule has 3 rings (SSSR count). The van der Waals surface area contributed by atoms with Crippen LogP contribution in [0.1, 0.15) is 0 Å². The van der Waals surface area contributed by atoms with Crippen LogP contribution in [0.15, 0.2) is 45.3 Å². The standard InChI is InChI=1S/C13H9BrN2O2/c14-8-4-2-6-10-12(8)18-13(16-10)7-3-1-5-9(15)11(7)17/h1-6,17H,15H2. The predicted octanol–water partition coefficient (Wildman–Crippen LogP) is 3.55. The van der Waals surface area contributed by atoms with Gasteiger partial charge in [0, 0.05) is 0 Å². The summed E-state index contributed by atoms with van der Waals surface area (Å²) in [7, 11) is 0. The van der Waals surface area contributed by atoms with Crippen LogP contribution in [0.5, 0.6) is 5.75 Å². The van der Waals surface area contributed by atoms with E-state index in [1.165, 1.54) is 0 Å². The summed E-state index contributed by atoms with van der Waals surface area (Å²) in [4.78, 5) is 4.33. The maximum Gasteiger partial charge on any atom is 0.231 e. The van der Waals surface area contributed by atoms with E-state index in [2.05, 4.69) is 20.9 Å². The molecule has 0 saturated heterocycles. The molecular formula is C13H9BrN2O2. The van der Waals surface area contributed by atoms with E-state index in [1.54, 1.807) is 18.2 Å². The Morgan fingerprint density at radius 2 is 1.94 bits per heavy atom. The number of halogens is 1. The monoisotopic (exact) mass is 304 g/mol. The molecule has 1 heterocycles. The molecule has 4 nitrogen and oxygen atoms in total. The number of nitrogen functional groups attached to an aromatic ring is 1. The lowest BCUT2D eigenvalue weighted by molar-refractivity contribution is 0.476. The molecular weight excluding hydrogens is 296 g/mol. The van der Waals surface area contributed by atoms with Crippen molar-refractivity contribution in [2.45, 2.75) is 0 Å². The third-order valence-electron chi connectivity index (χ3n) is 2.66. The summed E-state index contributed by atoms with van der Waals surface area (Å²) >= 11 is 3.39. The Kier molecular flexibility index (Phi) is 2.48. The minimum absolute atomic E-state index is 0.0137. The molecule has 0 bridgehead atoms. The molecule has 0 spiro atoms. The lowest BCUT2D eigenvalue weighted by atomic mass is 10.2. The van der Waals surface area contributed by atoms with Gasteiger partial charge in [-0.15, -0.1) is 0 Å². The lowest BCUT2D eigenvalue weighted by Crippen LogP contribution is -1.87. The van der Waals surface area contributed by atoms with Crippen molar-refractivity contribution in [1.29, 1.82) is 0 Å². The third-order valence-corrected chi connectivity index (χ3v) is 3.29. The van der Waals surface area contributed by atoms with Crippen molar-refractivity contribution in [3.63, 3.8) is 0 Å². The van der Waals surface area contributed by atoms with Crippen LogP contribution in [0.4, 0.5) is 5.69 Å². The molecule has 0 atom stereocenters. The second kappa shape index (κ2) is 4.03. The molecule has 5 heteroatoms. The van der Waals surface area contributed by atoms with E-state index in [0.29, 0.717) is 22.7 Å². The van der Waals surface area contributed by atoms with E-state index in [-0.39, 0.29) is 5.75 Å². The highest BCUT2D eigenvalue weighted by Crippen LogP contribution is 2.36. The van der Waals surface area contributed by atoms with E-state index in [9.17, 15) is 5.11 Å². The van der Waals surface area contributed by atoms with Crippen LogP contribution in [0.25, 0.3) is 22.6 Å². The van der Waals surface area contributed by atoms with Gasteiger partial charge >= 0.3 is 0 Å². The molecule has 0 radical (unpaired) electrons. The van der Waals surface area contributed by atoms with Crippen molar-refractivity contribution in [1.82, 2.24) is 4.98 Å². The molecule has 0 aliphatic heterocycles. The molecule has 0 aliphatic carbocycles. The summed E-state index contributed by atoms with van der Waals surface area (Å²) in [6, 6.07) is 10.7. The van der Waals surface area contributed by atoms with Crippen LogP contribution in [0.3, 0.4) is 0 Å². The van der Waals surface area contributed by atoms with Crippen LogP contribution in [-0.2, 0) is 0 Å². The van der Waals surface area contributed by atoms with E-state index in [1.807, 2.05) is 18.2 Å². The summed E-state index contributed by atoms with van der Waals surface area (Å²) in [5.74, 6) is 0.335. The Balaban J connectivity index is 2.26. The SMILES string of the molecule is Nc1cccc(-c2nc3cccc(Br)c3o2)c1O.